The number of piperazine rings is 1. The Kier molecular flexibility index (Phi) is 8.67. The van der Waals surface area contributed by atoms with Crippen LogP contribution in [0.2, 0.25) is 10.0 Å². The maximum absolute atomic E-state index is 12.6. The molecule has 7 rings (SSSR count). The van der Waals surface area contributed by atoms with Crippen LogP contribution in [-0.2, 0) is 26.6 Å². The third kappa shape index (κ3) is 6.40. The van der Waals surface area contributed by atoms with E-state index in [0.29, 0.717) is 27.9 Å². The van der Waals surface area contributed by atoms with Crippen molar-refractivity contribution in [3.8, 4) is 5.75 Å². The predicted molar refractivity (Wildman–Crippen MR) is 182 cm³/mol. The number of hydrogen-bond donors (Lipinski definition) is 1. The van der Waals surface area contributed by atoms with Crippen LogP contribution < -0.4 is 24.8 Å². The number of imide groups is 1. The van der Waals surface area contributed by atoms with Crippen LogP contribution >= 0.6 is 23.2 Å². The first-order chi connectivity index (χ1) is 23.1. The third-order valence-corrected chi connectivity index (χ3v) is 9.34. The van der Waals surface area contributed by atoms with Crippen LogP contribution in [0.1, 0.15) is 19.4 Å². The third-order valence-electron chi connectivity index (χ3n) is 8.79. The van der Waals surface area contributed by atoms with Gasteiger partial charge in [-0.3, -0.25) is 4.79 Å². The van der Waals surface area contributed by atoms with Crippen molar-refractivity contribution in [1.29, 1.82) is 0 Å². The lowest BCUT2D eigenvalue weighted by Gasteiger charge is -2.37. The van der Waals surface area contributed by atoms with Gasteiger partial charge in [0, 0.05) is 48.1 Å². The Hall–Kier alpha value is -4.36. The van der Waals surface area contributed by atoms with Crippen LogP contribution in [0.3, 0.4) is 0 Å². The molecule has 2 atom stereocenters. The maximum Gasteiger partial charge on any atom is 0.329 e. The standard InChI is InChI=1S/C34H35Cl2N7O5/c1-33(2)31(44)43(32(45)39-33)26-6-4-24(5-7-26)40-13-15-41(16-14-40)25-8-10-27(11-9-25)46-18-28-19-47-34(48-28,20-42-22-37-21-38-42)29-12-3-23(35)17-30(29)36/h3-12,17,21-22,28H,13-16,18-20H2,1-2H3,(H,39,45)/t28-,34-/m1/s1. The fourth-order valence-electron chi connectivity index (χ4n) is 6.24. The number of hydrogen-bond acceptors (Lipinski definition) is 9. The highest BCUT2D eigenvalue weighted by Crippen LogP contribution is 2.40. The van der Waals surface area contributed by atoms with E-state index in [4.69, 9.17) is 37.4 Å². The first-order valence-corrected chi connectivity index (χ1v) is 16.5. The Morgan fingerprint density at radius 1 is 0.917 bits per heavy atom. The minimum absolute atomic E-state index is 0.257. The molecule has 4 aromatic rings. The zero-order chi connectivity index (χ0) is 33.5. The summed E-state index contributed by atoms with van der Waals surface area (Å²) in [6, 6.07) is 20.5. The quantitative estimate of drug-likeness (QED) is 0.240. The topological polar surface area (TPSA) is 114 Å². The summed E-state index contributed by atoms with van der Waals surface area (Å²) in [7, 11) is 0. The lowest BCUT2D eigenvalue weighted by Crippen LogP contribution is -2.46. The van der Waals surface area contributed by atoms with Crippen molar-refractivity contribution in [3.63, 3.8) is 0 Å². The number of anilines is 3. The SMILES string of the molecule is CC1(C)NC(=O)N(c2ccc(N3CCN(c4ccc(OC[C@@H]5CO[C@@](Cn6cncn6)(c6ccc(Cl)cc6Cl)O5)cc4)CC3)cc2)C1=O. The largest absolute Gasteiger partial charge is 0.491 e. The lowest BCUT2D eigenvalue weighted by molar-refractivity contribution is -0.190. The lowest BCUT2D eigenvalue weighted by atomic mass is 10.1. The number of nitrogens with zero attached hydrogens (tertiary/aromatic N) is 6. The first kappa shape index (κ1) is 32.2. The molecule has 4 heterocycles. The minimum Gasteiger partial charge on any atom is -0.491 e. The second-order valence-electron chi connectivity index (χ2n) is 12.5. The van der Waals surface area contributed by atoms with Crippen LogP contribution in [0.25, 0.3) is 0 Å². The van der Waals surface area contributed by atoms with Crippen molar-refractivity contribution >= 4 is 52.2 Å². The van der Waals surface area contributed by atoms with Crippen molar-refractivity contribution < 1.29 is 23.8 Å². The number of carbonyl (C=O) groups excluding carboxylic acids is 2. The van der Waals surface area contributed by atoms with Gasteiger partial charge >= 0.3 is 6.03 Å². The van der Waals surface area contributed by atoms with Gasteiger partial charge in [-0.05, 0) is 74.5 Å². The Morgan fingerprint density at radius 3 is 2.15 bits per heavy atom. The number of urea groups is 1. The average Bonchev–Trinajstić information content (AvgIpc) is 3.79. The summed E-state index contributed by atoms with van der Waals surface area (Å²) in [4.78, 5) is 34.9. The van der Waals surface area contributed by atoms with Gasteiger partial charge in [0.05, 0.1) is 17.3 Å². The molecule has 3 amide bonds. The smallest absolute Gasteiger partial charge is 0.329 e. The van der Waals surface area contributed by atoms with Gasteiger partial charge in [-0.2, -0.15) is 5.10 Å². The highest BCUT2D eigenvalue weighted by atomic mass is 35.5. The van der Waals surface area contributed by atoms with Gasteiger partial charge in [0.25, 0.3) is 5.91 Å². The fraction of sp³-hybridized carbons (Fsp3) is 0.353. The van der Waals surface area contributed by atoms with E-state index >= 15 is 0 Å². The van der Waals surface area contributed by atoms with E-state index in [1.165, 1.54) is 11.2 Å². The van der Waals surface area contributed by atoms with Crippen LogP contribution in [0, 0.1) is 0 Å². The van der Waals surface area contributed by atoms with Gasteiger partial charge in [-0.25, -0.2) is 19.4 Å². The van der Waals surface area contributed by atoms with Gasteiger partial charge < -0.3 is 29.3 Å². The number of benzene rings is 3. The molecule has 0 radical (unpaired) electrons. The molecule has 12 nitrogen and oxygen atoms in total. The summed E-state index contributed by atoms with van der Waals surface area (Å²) in [5, 5.41) is 7.90. The van der Waals surface area contributed by atoms with E-state index in [1.54, 1.807) is 43.1 Å². The molecule has 1 aromatic heterocycles. The van der Waals surface area contributed by atoms with E-state index in [0.717, 1.165) is 43.3 Å². The number of carbonyl (C=O) groups is 2. The molecule has 0 bridgehead atoms. The zero-order valence-electron chi connectivity index (χ0n) is 26.5. The van der Waals surface area contributed by atoms with Crippen molar-refractivity contribution in [2.45, 2.75) is 37.8 Å². The zero-order valence-corrected chi connectivity index (χ0v) is 28.0. The van der Waals surface area contributed by atoms with Crippen molar-refractivity contribution in [3.05, 3.63) is 95.0 Å². The molecule has 250 valence electrons. The molecule has 3 aliphatic rings. The summed E-state index contributed by atoms with van der Waals surface area (Å²) >= 11 is 12.7. The Labute approximate surface area is 288 Å². The second-order valence-corrected chi connectivity index (χ2v) is 13.4. The van der Waals surface area contributed by atoms with Gasteiger partial charge in [0.2, 0.25) is 5.79 Å². The molecule has 3 aliphatic heterocycles. The van der Waals surface area contributed by atoms with E-state index in [-0.39, 0.29) is 25.2 Å². The van der Waals surface area contributed by atoms with Crippen molar-refractivity contribution in [2.24, 2.45) is 0 Å². The first-order valence-electron chi connectivity index (χ1n) is 15.7. The molecule has 48 heavy (non-hydrogen) atoms. The normalized spacial score (nSPS) is 22.3. The number of rotatable bonds is 9. The molecular formula is C34H35Cl2N7O5. The second kappa shape index (κ2) is 12.9. The molecule has 3 saturated heterocycles. The number of amides is 3. The summed E-state index contributed by atoms with van der Waals surface area (Å²) in [5.41, 5.74) is 2.48. The highest BCUT2D eigenvalue weighted by Gasteiger charge is 2.46. The maximum atomic E-state index is 12.6. The molecule has 3 fully saturated rings. The number of aromatic nitrogens is 3. The van der Waals surface area contributed by atoms with Crippen LogP contribution in [0.4, 0.5) is 21.9 Å². The summed E-state index contributed by atoms with van der Waals surface area (Å²) in [5.74, 6) is -0.696. The molecule has 14 heteroatoms. The van der Waals surface area contributed by atoms with E-state index < -0.39 is 17.4 Å². The Morgan fingerprint density at radius 2 is 1.56 bits per heavy atom. The fourth-order valence-corrected chi connectivity index (χ4v) is 6.80. The monoisotopic (exact) mass is 691 g/mol. The average molecular weight is 693 g/mol. The summed E-state index contributed by atoms with van der Waals surface area (Å²) in [6.07, 6.45) is 2.71. The van der Waals surface area contributed by atoms with Crippen molar-refractivity contribution in [2.75, 3.05) is 54.1 Å². The molecule has 3 aromatic carbocycles. The highest BCUT2D eigenvalue weighted by molar-refractivity contribution is 6.35. The summed E-state index contributed by atoms with van der Waals surface area (Å²) in [6.45, 7) is 7.62. The van der Waals surface area contributed by atoms with Gasteiger partial charge in [0.1, 0.15) is 43.2 Å². The van der Waals surface area contributed by atoms with Gasteiger partial charge in [0.15, 0.2) is 0 Å². The minimum atomic E-state index is -1.17. The molecule has 1 N–H and O–H groups in total. The Bertz CT molecular complexity index is 1780. The molecule has 0 spiro atoms. The number of nitrogens with one attached hydrogen (secondary N) is 1. The van der Waals surface area contributed by atoms with Gasteiger partial charge in [-0.15, -0.1) is 0 Å². The predicted octanol–water partition coefficient (Wildman–Crippen LogP) is 5.09. The van der Waals surface area contributed by atoms with Crippen molar-refractivity contribution in [1.82, 2.24) is 20.1 Å². The molecular weight excluding hydrogens is 657 g/mol. The van der Waals surface area contributed by atoms with E-state index in [2.05, 4.69) is 37.3 Å². The Balaban J connectivity index is 0.925. The molecule has 0 unspecified atom stereocenters. The van der Waals surface area contributed by atoms with Crippen LogP contribution in [0.5, 0.6) is 5.75 Å². The molecule has 0 aliphatic carbocycles. The van der Waals surface area contributed by atoms with Crippen LogP contribution in [-0.4, -0.2) is 77.7 Å². The van der Waals surface area contributed by atoms with Crippen LogP contribution in [0.15, 0.2) is 79.4 Å². The van der Waals surface area contributed by atoms with E-state index in [1.807, 2.05) is 36.4 Å². The number of ether oxygens (including phenoxy) is 3. The number of halogens is 2. The summed E-state index contributed by atoms with van der Waals surface area (Å²) < 4.78 is 20.5. The van der Waals surface area contributed by atoms with E-state index in [9.17, 15) is 9.59 Å². The van der Waals surface area contributed by atoms with Gasteiger partial charge in [-0.1, -0.05) is 29.3 Å². The molecule has 0 saturated carbocycles.